The second-order valence-corrected chi connectivity index (χ2v) is 9.73. The molecule has 0 radical (unpaired) electrons. The standard InChI is InChI=1S/C28H25ClN12/c29-20-8-6-19(7-9-20)25-22(17-35-39-27-32-13-14-33-27)41-23(36-25)10-15-40-21(16-34-38-26-30-11-12-31-26)24(37-28(40)41)18-4-2-1-3-5-18/h1-10,15-17H,11-14H2,(H2,30,31,38)(H2,32,33,39)/b34-16+,35-17+. The number of hydrogen-bond acceptors (Lipinski definition) is 10. The van der Waals surface area contributed by atoms with Crippen LogP contribution in [-0.2, 0) is 0 Å². The average Bonchev–Trinajstić information content (AvgIpc) is 3.81. The first-order valence-electron chi connectivity index (χ1n) is 13.1. The summed E-state index contributed by atoms with van der Waals surface area (Å²) < 4.78 is 3.98. The number of benzene rings is 2. The van der Waals surface area contributed by atoms with Gasteiger partial charge in [-0.3, -0.25) is 8.80 Å². The predicted molar refractivity (Wildman–Crippen MR) is 162 cm³/mol. The Hall–Kier alpha value is -5.23. The molecule has 0 fully saturated rings. The lowest BCUT2D eigenvalue weighted by molar-refractivity contribution is 0.918. The zero-order chi connectivity index (χ0) is 27.6. The molecule has 0 aliphatic carbocycles. The Balaban J connectivity index is 1.41. The third kappa shape index (κ3) is 4.85. The molecular weight excluding hydrogens is 540 g/mol. The van der Waals surface area contributed by atoms with Crippen molar-refractivity contribution in [2.24, 2.45) is 20.2 Å². The number of halogens is 1. The third-order valence-electron chi connectivity index (χ3n) is 6.67. The van der Waals surface area contributed by atoms with Gasteiger partial charge in [-0.1, -0.05) is 54.1 Å². The second kappa shape index (κ2) is 10.7. The Bertz CT molecular complexity index is 1850. The van der Waals surface area contributed by atoms with Crippen LogP contribution in [-0.4, -0.2) is 69.3 Å². The average molecular weight is 565 g/mol. The molecule has 0 saturated heterocycles. The van der Waals surface area contributed by atoms with Gasteiger partial charge in [0.15, 0.2) is 0 Å². The number of fused-ring (bicyclic) bond motifs is 3. The summed E-state index contributed by atoms with van der Waals surface area (Å²) in [5, 5.41) is 15.9. The lowest BCUT2D eigenvalue weighted by atomic mass is 10.1. The number of imidazole rings is 2. The minimum Gasteiger partial charge on any atom is -0.353 e. The van der Waals surface area contributed by atoms with Crippen molar-refractivity contribution in [1.29, 1.82) is 0 Å². The fourth-order valence-electron chi connectivity index (χ4n) is 4.78. The number of aromatic nitrogens is 4. The fraction of sp³-hybridized carbons (Fsp3) is 0.143. The van der Waals surface area contributed by atoms with Crippen molar-refractivity contribution in [2.75, 3.05) is 26.2 Å². The highest BCUT2D eigenvalue weighted by Gasteiger charge is 2.20. The third-order valence-corrected chi connectivity index (χ3v) is 6.92. The van der Waals surface area contributed by atoms with E-state index >= 15 is 0 Å². The molecular formula is C28H25ClN12. The molecule has 0 unspecified atom stereocenters. The van der Waals surface area contributed by atoms with Crippen LogP contribution in [0.25, 0.3) is 33.9 Å². The number of hydrazone groups is 2. The molecule has 5 heterocycles. The summed E-state index contributed by atoms with van der Waals surface area (Å²) in [6.45, 7) is 3.01. The van der Waals surface area contributed by atoms with Crippen molar-refractivity contribution in [2.45, 2.75) is 0 Å². The van der Waals surface area contributed by atoms with E-state index in [-0.39, 0.29) is 0 Å². The molecule has 204 valence electrons. The van der Waals surface area contributed by atoms with E-state index in [9.17, 15) is 0 Å². The van der Waals surface area contributed by atoms with Crippen LogP contribution >= 0.6 is 11.6 Å². The lowest BCUT2D eigenvalue weighted by Crippen LogP contribution is -2.30. The van der Waals surface area contributed by atoms with E-state index in [4.69, 9.17) is 21.6 Å². The number of nitrogens with zero attached hydrogens (tertiary/aromatic N) is 8. The molecule has 0 saturated carbocycles. The van der Waals surface area contributed by atoms with E-state index in [0.29, 0.717) is 29.3 Å². The van der Waals surface area contributed by atoms with Crippen LogP contribution in [0.15, 0.2) is 87.0 Å². The van der Waals surface area contributed by atoms with E-state index in [1.165, 1.54) is 0 Å². The minimum atomic E-state index is 0.632. The maximum absolute atomic E-state index is 6.19. The Morgan fingerprint density at radius 1 is 0.756 bits per heavy atom. The van der Waals surface area contributed by atoms with Crippen LogP contribution in [0.4, 0.5) is 0 Å². The molecule has 12 nitrogen and oxygen atoms in total. The van der Waals surface area contributed by atoms with Crippen molar-refractivity contribution in [3.8, 4) is 22.5 Å². The van der Waals surface area contributed by atoms with Gasteiger partial charge < -0.3 is 10.6 Å². The Morgan fingerprint density at radius 3 is 2.05 bits per heavy atom. The van der Waals surface area contributed by atoms with Gasteiger partial charge >= 0.3 is 0 Å². The van der Waals surface area contributed by atoms with Crippen molar-refractivity contribution >= 4 is 47.4 Å². The second-order valence-electron chi connectivity index (χ2n) is 9.30. The number of guanidine groups is 2. The van der Waals surface area contributed by atoms with Gasteiger partial charge in [0.05, 0.1) is 48.3 Å². The number of hydrogen-bond donors (Lipinski definition) is 4. The van der Waals surface area contributed by atoms with Crippen LogP contribution in [0.5, 0.6) is 0 Å². The van der Waals surface area contributed by atoms with Gasteiger partial charge in [-0.15, -0.1) is 0 Å². The molecule has 0 amide bonds. The molecule has 4 N–H and O–H groups in total. The first-order valence-corrected chi connectivity index (χ1v) is 13.5. The van der Waals surface area contributed by atoms with Crippen molar-refractivity contribution in [1.82, 2.24) is 40.3 Å². The molecule has 13 heteroatoms. The summed E-state index contributed by atoms with van der Waals surface area (Å²) in [5.74, 6) is 1.94. The fourth-order valence-corrected chi connectivity index (χ4v) is 4.90. The summed E-state index contributed by atoms with van der Waals surface area (Å²) in [5.41, 5.74) is 11.6. The normalized spacial score (nSPS) is 15.0. The highest BCUT2D eigenvalue weighted by molar-refractivity contribution is 6.30. The van der Waals surface area contributed by atoms with Gasteiger partial charge in [0, 0.05) is 35.4 Å². The highest BCUT2D eigenvalue weighted by Crippen LogP contribution is 2.29. The van der Waals surface area contributed by atoms with Gasteiger partial charge in [-0.05, 0) is 18.2 Å². The number of nitrogens with one attached hydrogen (secondary N) is 4. The van der Waals surface area contributed by atoms with Crippen LogP contribution in [0, 0.1) is 0 Å². The van der Waals surface area contributed by atoms with Gasteiger partial charge in [-0.25, -0.2) is 30.8 Å². The largest absolute Gasteiger partial charge is 0.353 e. The minimum absolute atomic E-state index is 0.632. The molecule has 41 heavy (non-hydrogen) atoms. The van der Waals surface area contributed by atoms with Crippen LogP contribution in [0.1, 0.15) is 11.4 Å². The zero-order valence-corrected chi connectivity index (χ0v) is 22.5. The molecule has 0 spiro atoms. The van der Waals surface area contributed by atoms with Crippen molar-refractivity contribution in [3.05, 3.63) is 83.3 Å². The van der Waals surface area contributed by atoms with E-state index in [0.717, 1.165) is 59.2 Å². The van der Waals surface area contributed by atoms with Gasteiger partial charge in [-0.2, -0.15) is 10.2 Å². The monoisotopic (exact) mass is 564 g/mol. The summed E-state index contributed by atoms with van der Waals surface area (Å²) in [4.78, 5) is 18.8. The Labute approximate surface area is 239 Å². The molecule has 5 aromatic rings. The van der Waals surface area contributed by atoms with E-state index < -0.39 is 0 Å². The van der Waals surface area contributed by atoms with E-state index in [1.807, 2.05) is 75.7 Å². The van der Waals surface area contributed by atoms with Gasteiger partial charge in [0.1, 0.15) is 5.65 Å². The van der Waals surface area contributed by atoms with Gasteiger partial charge in [0.25, 0.3) is 0 Å². The molecule has 7 rings (SSSR count). The number of rotatable bonds is 6. The molecule has 0 atom stereocenters. The smallest absolute Gasteiger partial charge is 0.221 e. The molecule has 2 aliphatic heterocycles. The summed E-state index contributed by atoms with van der Waals surface area (Å²) >= 11 is 6.19. The van der Waals surface area contributed by atoms with Crippen LogP contribution in [0.3, 0.4) is 0 Å². The van der Waals surface area contributed by atoms with Crippen molar-refractivity contribution in [3.63, 3.8) is 0 Å². The summed E-state index contributed by atoms with van der Waals surface area (Å²) in [7, 11) is 0. The first kappa shape index (κ1) is 24.8. The molecule has 2 aliphatic rings. The predicted octanol–water partition coefficient (Wildman–Crippen LogP) is 2.73. The number of aliphatic imine (C=N–C) groups is 2. The first-order chi connectivity index (χ1) is 20.2. The lowest BCUT2D eigenvalue weighted by Gasteiger charge is -2.04. The van der Waals surface area contributed by atoms with Gasteiger partial charge in [0.2, 0.25) is 17.7 Å². The zero-order valence-electron chi connectivity index (χ0n) is 21.8. The molecule has 3 aromatic heterocycles. The SMILES string of the molecule is Clc1ccc(-c2nc3ccn4c(/C=N/NC5=NCCN5)c(-c5ccccc5)nc4n3c2/C=N/NC2=NCCN2)cc1. The molecule has 2 aromatic carbocycles. The maximum atomic E-state index is 6.19. The summed E-state index contributed by atoms with van der Waals surface area (Å²) in [6, 6.07) is 19.6. The maximum Gasteiger partial charge on any atom is 0.221 e. The quantitative estimate of drug-likeness (QED) is 0.185. The van der Waals surface area contributed by atoms with Crippen molar-refractivity contribution < 1.29 is 0 Å². The van der Waals surface area contributed by atoms with E-state index in [2.05, 4.69) is 41.7 Å². The Morgan fingerprint density at radius 2 is 1.39 bits per heavy atom. The highest BCUT2D eigenvalue weighted by atomic mass is 35.5. The van der Waals surface area contributed by atoms with Crippen LogP contribution < -0.4 is 21.5 Å². The topological polar surface area (TPSA) is 132 Å². The Kier molecular flexibility index (Phi) is 6.49. The van der Waals surface area contributed by atoms with Crippen LogP contribution in [0.2, 0.25) is 5.02 Å². The molecule has 0 bridgehead atoms. The van der Waals surface area contributed by atoms with E-state index in [1.54, 1.807) is 12.4 Å². The summed E-state index contributed by atoms with van der Waals surface area (Å²) in [6.07, 6.45) is 5.45.